The van der Waals surface area contributed by atoms with E-state index < -0.39 is 5.92 Å². The van der Waals surface area contributed by atoms with Gasteiger partial charge in [0.1, 0.15) is 35.6 Å². The van der Waals surface area contributed by atoms with E-state index in [0.717, 1.165) is 11.1 Å². The molecule has 1 atom stereocenters. The van der Waals surface area contributed by atoms with E-state index in [0.29, 0.717) is 28.6 Å². The molecule has 0 fully saturated rings. The van der Waals surface area contributed by atoms with Crippen molar-refractivity contribution in [1.29, 1.82) is 5.26 Å². The largest absolute Gasteiger partial charge is 0.489 e. The number of hydrogen-bond donors (Lipinski definition) is 1. The fourth-order valence-electron chi connectivity index (χ4n) is 3.81. The summed E-state index contributed by atoms with van der Waals surface area (Å²) in [5.74, 6) is 1.36. The number of fused-ring (bicyclic) bond motifs is 2. The standard InChI is InChI=1S/C24H17FN2O4/c25-15-5-3-4-14(8-15)12-28-19-7-2-1-6-16(19)23-17-9-21-22(30-13-29-21)10-20(17)31-24(27)18(23)11-26/h1-10,23H,12-13,27H2/t23-/m0/s1. The molecule has 0 spiro atoms. The Morgan fingerprint density at radius 3 is 2.61 bits per heavy atom. The van der Waals surface area contributed by atoms with Crippen LogP contribution in [0.1, 0.15) is 22.6 Å². The first-order valence-electron chi connectivity index (χ1n) is 9.61. The average Bonchev–Trinajstić information content (AvgIpc) is 3.23. The van der Waals surface area contributed by atoms with Gasteiger partial charge in [0.05, 0.1) is 5.92 Å². The van der Waals surface area contributed by atoms with E-state index in [1.807, 2.05) is 24.3 Å². The maximum Gasteiger partial charge on any atom is 0.231 e. The molecule has 0 saturated carbocycles. The Kier molecular flexibility index (Phi) is 4.60. The summed E-state index contributed by atoms with van der Waals surface area (Å²) in [6.07, 6.45) is 0. The molecule has 0 saturated heterocycles. The van der Waals surface area contributed by atoms with Crippen LogP contribution in [0, 0.1) is 17.1 Å². The normalized spacial score (nSPS) is 16.3. The fraction of sp³-hybridized carbons (Fsp3) is 0.125. The Morgan fingerprint density at radius 2 is 1.81 bits per heavy atom. The number of ether oxygens (including phenoxy) is 4. The molecule has 3 aromatic carbocycles. The second-order valence-electron chi connectivity index (χ2n) is 7.12. The van der Waals surface area contributed by atoms with Gasteiger partial charge in [-0.2, -0.15) is 5.26 Å². The van der Waals surface area contributed by atoms with Gasteiger partial charge in [-0.3, -0.25) is 0 Å². The van der Waals surface area contributed by atoms with Crippen molar-refractivity contribution in [3.63, 3.8) is 0 Å². The molecule has 5 rings (SSSR count). The molecule has 31 heavy (non-hydrogen) atoms. The summed E-state index contributed by atoms with van der Waals surface area (Å²) in [5.41, 5.74) is 8.51. The second kappa shape index (κ2) is 7.58. The van der Waals surface area contributed by atoms with Gasteiger partial charge in [0.25, 0.3) is 0 Å². The molecule has 2 N–H and O–H groups in total. The Bertz CT molecular complexity index is 1250. The van der Waals surface area contributed by atoms with Gasteiger partial charge in [-0.15, -0.1) is 0 Å². The molecule has 7 heteroatoms. The van der Waals surface area contributed by atoms with Crippen LogP contribution >= 0.6 is 0 Å². The van der Waals surface area contributed by atoms with E-state index in [9.17, 15) is 9.65 Å². The zero-order valence-electron chi connectivity index (χ0n) is 16.3. The predicted octanol–water partition coefficient (Wildman–Crippen LogP) is 4.35. The van der Waals surface area contributed by atoms with Crippen LogP contribution in [0.5, 0.6) is 23.0 Å². The number of allylic oxidation sites excluding steroid dienone is 1. The van der Waals surface area contributed by atoms with Crippen molar-refractivity contribution in [1.82, 2.24) is 0 Å². The molecule has 6 nitrogen and oxygen atoms in total. The zero-order valence-corrected chi connectivity index (χ0v) is 16.3. The Labute approximate surface area is 177 Å². The third kappa shape index (κ3) is 3.38. The Balaban J connectivity index is 1.57. The SMILES string of the molecule is N#CC1=C(N)Oc2cc3c(cc2[C@@H]1c1ccccc1OCc1cccc(F)c1)OCO3. The van der Waals surface area contributed by atoms with Gasteiger partial charge >= 0.3 is 0 Å². The third-order valence-corrected chi connectivity index (χ3v) is 5.22. The molecular weight excluding hydrogens is 399 g/mol. The van der Waals surface area contributed by atoms with Crippen molar-refractivity contribution in [3.05, 3.63) is 94.6 Å². The van der Waals surface area contributed by atoms with Crippen molar-refractivity contribution in [2.75, 3.05) is 6.79 Å². The van der Waals surface area contributed by atoms with Crippen molar-refractivity contribution >= 4 is 0 Å². The van der Waals surface area contributed by atoms with Crippen LogP contribution < -0.4 is 24.7 Å². The second-order valence-corrected chi connectivity index (χ2v) is 7.12. The smallest absolute Gasteiger partial charge is 0.231 e. The lowest BCUT2D eigenvalue weighted by Crippen LogP contribution is -2.21. The molecule has 2 aliphatic rings. The summed E-state index contributed by atoms with van der Waals surface area (Å²) in [7, 11) is 0. The molecule has 0 amide bonds. The van der Waals surface area contributed by atoms with Gasteiger partial charge in [0.15, 0.2) is 11.5 Å². The monoisotopic (exact) mass is 416 g/mol. The molecule has 0 aliphatic carbocycles. The summed E-state index contributed by atoms with van der Waals surface area (Å²) in [6, 6.07) is 19.3. The average molecular weight is 416 g/mol. The molecule has 0 bridgehead atoms. The topological polar surface area (TPSA) is 86.7 Å². The minimum Gasteiger partial charge on any atom is -0.489 e. The van der Waals surface area contributed by atoms with Crippen molar-refractivity contribution in [3.8, 4) is 29.1 Å². The number of benzene rings is 3. The maximum atomic E-state index is 13.5. The number of halogens is 1. The van der Waals surface area contributed by atoms with Crippen LogP contribution in [0.15, 0.2) is 72.1 Å². The number of para-hydroxylation sites is 1. The van der Waals surface area contributed by atoms with Crippen molar-refractivity contribution in [2.45, 2.75) is 12.5 Å². The minimum atomic E-state index is -0.521. The highest BCUT2D eigenvalue weighted by Crippen LogP contribution is 2.49. The first-order valence-corrected chi connectivity index (χ1v) is 9.61. The van der Waals surface area contributed by atoms with E-state index in [1.165, 1.54) is 12.1 Å². The molecular formula is C24H17FN2O4. The van der Waals surface area contributed by atoms with Crippen LogP contribution in [0.4, 0.5) is 4.39 Å². The first-order chi connectivity index (χ1) is 15.1. The number of nitrogens with two attached hydrogens (primary N) is 1. The Hall–Kier alpha value is -4.18. The fourth-order valence-corrected chi connectivity index (χ4v) is 3.81. The highest BCUT2D eigenvalue weighted by atomic mass is 19.1. The number of rotatable bonds is 4. The molecule has 3 aromatic rings. The van der Waals surface area contributed by atoms with Crippen LogP contribution in [0.3, 0.4) is 0 Å². The molecule has 2 aliphatic heterocycles. The lowest BCUT2D eigenvalue weighted by atomic mass is 9.83. The van der Waals surface area contributed by atoms with Gasteiger partial charge < -0.3 is 24.7 Å². The van der Waals surface area contributed by atoms with Gasteiger partial charge in [0, 0.05) is 17.2 Å². The van der Waals surface area contributed by atoms with E-state index in [-0.39, 0.29) is 30.7 Å². The number of hydrogen-bond acceptors (Lipinski definition) is 6. The predicted molar refractivity (Wildman–Crippen MR) is 109 cm³/mol. The summed E-state index contributed by atoms with van der Waals surface area (Å²) in [4.78, 5) is 0. The lowest BCUT2D eigenvalue weighted by Gasteiger charge is -2.28. The summed E-state index contributed by atoms with van der Waals surface area (Å²) < 4.78 is 36.2. The molecule has 154 valence electrons. The zero-order chi connectivity index (χ0) is 21.4. The van der Waals surface area contributed by atoms with E-state index in [1.54, 1.807) is 24.3 Å². The summed E-state index contributed by atoms with van der Waals surface area (Å²) in [5, 5.41) is 9.84. The van der Waals surface area contributed by atoms with Crippen molar-refractivity contribution in [2.24, 2.45) is 5.73 Å². The lowest BCUT2D eigenvalue weighted by molar-refractivity contribution is 0.174. The Morgan fingerprint density at radius 1 is 1.00 bits per heavy atom. The number of nitrogens with zero attached hydrogens (tertiary/aromatic N) is 1. The van der Waals surface area contributed by atoms with Crippen LogP contribution in [0.2, 0.25) is 0 Å². The molecule has 0 radical (unpaired) electrons. The summed E-state index contributed by atoms with van der Waals surface area (Å²) >= 11 is 0. The minimum absolute atomic E-state index is 0.0267. The van der Waals surface area contributed by atoms with Gasteiger partial charge in [-0.05, 0) is 29.8 Å². The van der Waals surface area contributed by atoms with Gasteiger partial charge in [0.2, 0.25) is 12.7 Å². The third-order valence-electron chi connectivity index (χ3n) is 5.22. The first kappa shape index (κ1) is 18.8. The molecule has 0 unspecified atom stereocenters. The van der Waals surface area contributed by atoms with Crippen LogP contribution in [-0.2, 0) is 6.61 Å². The quantitative estimate of drug-likeness (QED) is 0.680. The van der Waals surface area contributed by atoms with Crippen LogP contribution in [0.25, 0.3) is 0 Å². The van der Waals surface area contributed by atoms with Gasteiger partial charge in [-0.25, -0.2) is 4.39 Å². The van der Waals surface area contributed by atoms with Gasteiger partial charge in [-0.1, -0.05) is 30.3 Å². The van der Waals surface area contributed by atoms with E-state index in [4.69, 9.17) is 24.7 Å². The van der Waals surface area contributed by atoms with E-state index in [2.05, 4.69) is 6.07 Å². The molecule has 2 heterocycles. The van der Waals surface area contributed by atoms with Crippen LogP contribution in [-0.4, -0.2) is 6.79 Å². The summed E-state index contributed by atoms with van der Waals surface area (Å²) in [6.45, 7) is 0.289. The number of nitriles is 1. The maximum absolute atomic E-state index is 13.5. The molecule has 0 aromatic heterocycles. The highest BCUT2D eigenvalue weighted by molar-refractivity contribution is 5.63. The van der Waals surface area contributed by atoms with Crippen molar-refractivity contribution < 1.29 is 23.3 Å². The van der Waals surface area contributed by atoms with E-state index >= 15 is 0 Å². The highest BCUT2D eigenvalue weighted by Gasteiger charge is 2.34.